The first-order chi connectivity index (χ1) is 8.49. The van der Waals surface area contributed by atoms with Crippen LogP contribution in [0.4, 0.5) is 5.82 Å². The van der Waals surface area contributed by atoms with Crippen LogP contribution in [0, 0.1) is 13.8 Å². The quantitative estimate of drug-likeness (QED) is 0.867. The lowest BCUT2D eigenvalue weighted by Crippen LogP contribution is -2.29. The molecule has 1 aliphatic carbocycles. The van der Waals surface area contributed by atoms with E-state index in [1.807, 2.05) is 0 Å². The van der Waals surface area contributed by atoms with Gasteiger partial charge in [0, 0.05) is 36.9 Å². The highest BCUT2D eigenvalue weighted by Gasteiger charge is 2.22. The maximum atomic E-state index is 4.74. The molecule has 1 heterocycles. The van der Waals surface area contributed by atoms with Gasteiger partial charge in [0.15, 0.2) is 0 Å². The Morgan fingerprint density at radius 1 is 1.39 bits per heavy atom. The highest BCUT2D eigenvalue weighted by molar-refractivity contribution is 5.51. The van der Waals surface area contributed by atoms with Gasteiger partial charge in [0.25, 0.3) is 0 Å². The third-order valence-electron chi connectivity index (χ3n) is 3.71. The molecular formula is C15H25N3. The summed E-state index contributed by atoms with van der Waals surface area (Å²) < 4.78 is 0. The van der Waals surface area contributed by atoms with Gasteiger partial charge in [-0.1, -0.05) is 0 Å². The lowest BCUT2D eigenvalue weighted by Gasteiger charge is -2.26. The summed E-state index contributed by atoms with van der Waals surface area (Å²) in [5.41, 5.74) is 3.80. The molecule has 0 unspecified atom stereocenters. The fourth-order valence-corrected chi connectivity index (χ4v) is 2.13. The largest absolute Gasteiger partial charge is 0.357 e. The Hall–Kier alpha value is -1.09. The number of aryl methyl sites for hydroxylation is 2. The van der Waals surface area contributed by atoms with Crippen LogP contribution < -0.4 is 10.2 Å². The van der Waals surface area contributed by atoms with Crippen molar-refractivity contribution in [1.82, 2.24) is 10.3 Å². The maximum Gasteiger partial charge on any atom is 0.133 e. The average molecular weight is 247 g/mol. The molecule has 1 aromatic rings. The average Bonchev–Trinajstić information content (AvgIpc) is 3.09. The Morgan fingerprint density at radius 2 is 2.06 bits per heavy atom. The third-order valence-corrected chi connectivity index (χ3v) is 3.71. The smallest absolute Gasteiger partial charge is 0.133 e. The number of anilines is 1. The van der Waals surface area contributed by atoms with Crippen molar-refractivity contribution in [2.45, 2.75) is 59.2 Å². The Morgan fingerprint density at radius 3 is 2.61 bits per heavy atom. The fourth-order valence-electron chi connectivity index (χ4n) is 2.13. The van der Waals surface area contributed by atoms with Crippen LogP contribution in [0.25, 0.3) is 0 Å². The summed E-state index contributed by atoms with van der Waals surface area (Å²) in [5.74, 6) is 1.13. The fraction of sp³-hybridized carbons (Fsp3) is 0.667. The van der Waals surface area contributed by atoms with Crippen molar-refractivity contribution in [3.05, 3.63) is 22.9 Å². The van der Waals surface area contributed by atoms with Crippen molar-refractivity contribution in [3.63, 3.8) is 0 Å². The number of nitrogens with one attached hydrogen (secondary N) is 1. The van der Waals surface area contributed by atoms with Gasteiger partial charge < -0.3 is 10.2 Å². The van der Waals surface area contributed by atoms with Crippen LogP contribution in [0.5, 0.6) is 0 Å². The first-order valence-electron chi connectivity index (χ1n) is 6.92. The van der Waals surface area contributed by atoms with E-state index >= 15 is 0 Å². The third kappa shape index (κ3) is 3.02. The molecule has 1 N–H and O–H groups in total. The van der Waals surface area contributed by atoms with Gasteiger partial charge in [-0.3, -0.25) is 0 Å². The zero-order chi connectivity index (χ0) is 13.3. The molecule has 100 valence electrons. The van der Waals surface area contributed by atoms with Crippen LogP contribution >= 0.6 is 0 Å². The highest BCUT2D eigenvalue weighted by atomic mass is 15.2. The van der Waals surface area contributed by atoms with Crippen molar-refractivity contribution in [2.75, 3.05) is 11.9 Å². The van der Waals surface area contributed by atoms with E-state index in [9.17, 15) is 0 Å². The zero-order valence-electron chi connectivity index (χ0n) is 12.2. The maximum absolute atomic E-state index is 4.74. The number of hydrogen-bond acceptors (Lipinski definition) is 3. The first kappa shape index (κ1) is 13.3. The van der Waals surface area contributed by atoms with E-state index < -0.39 is 0 Å². The Bertz CT molecular complexity index is 422. The summed E-state index contributed by atoms with van der Waals surface area (Å²) in [4.78, 5) is 7.01. The number of hydrogen-bond donors (Lipinski definition) is 1. The number of rotatable bonds is 5. The summed E-state index contributed by atoms with van der Waals surface area (Å²) in [6, 6.07) is 3.39. The van der Waals surface area contributed by atoms with Crippen LogP contribution in [0.1, 0.15) is 43.5 Å². The lowest BCUT2D eigenvalue weighted by molar-refractivity contribution is 0.670. The van der Waals surface area contributed by atoms with E-state index in [2.05, 4.69) is 51.0 Å². The molecule has 0 aromatic carbocycles. The molecular weight excluding hydrogens is 222 g/mol. The highest BCUT2D eigenvalue weighted by Crippen LogP contribution is 2.25. The lowest BCUT2D eigenvalue weighted by atomic mass is 10.1. The van der Waals surface area contributed by atoms with E-state index in [4.69, 9.17) is 4.98 Å². The van der Waals surface area contributed by atoms with Crippen LogP contribution in [0.2, 0.25) is 0 Å². The molecule has 0 radical (unpaired) electrons. The second kappa shape index (κ2) is 5.27. The Kier molecular flexibility index (Phi) is 3.91. The van der Waals surface area contributed by atoms with Crippen LogP contribution in [-0.2, 0) is 6.54 Å². The molecule has 0 bridgehead atoms. The van der Waals surface area contributed by atoms with Gasteiger partial charge in [-0.15, -0.1) is 0 Å². The van der Waals surface area contributed by atoms with E-state index in [0.717, 1.165) is 24.1 Å². The minimum absolute atomic E-state index is 0.471. The van der Waals surface area contributed by atoms with Crippen LogP contribution in [-0.4, -0.2) is 24.1 Å². The summed E-state index contributed by atoms with van der Waals surface area (Å²) in [5, 5.41) is 3.60. The molecule has 1 aromatic heterocycles. The minimum Gasteiger partial charge on any atom is -0.357 e. The molecule has 3 heteroatoms. The Labute approximate surface area is 111 Å². The number of pyridine rings is 1. The van der Waals surface area contributed by atoms with Crippen molar-refractivity contribution < 1.29 is 0 Å². The van der Waals surface area contributed by atoms with Gasteiger partial charge in [-0.05, 0) is 52.2 Å². The first-order valence-corrected chi connectivity index (χ1v) is 6.92. The zero-order valence-corrected chi connectivity index (χ0v) is 12.2. The van der Waals surface area contributed by atoms with Gasteiger partial charge in [-0.25, -0.2) is 4.98 Å². The molecule has 0 amide bonds. The monoisotopic (exact) mass is 247 g/mol. The summed E-state index contributed by atoms with van der Waals surface area (Å²) in [7, 11) is 2.13. The molecule has 0 atom stereocenters. The van der Waals surface area contributed by atoms with Crippen molar-refractivity contribution in [2.24, 2.45) is 0 Å². The molecule has 3 nitrogen and oxygen atoms in total. The molecule has 1 aliphatic rings. The van der Waals surface area contributed by atoms with Crippen molar-refractivity contribution >= 4 is 5.82 Å². The molecule has 1 fully saturated rings. The van der Waals surface area contributed by atoms with Gasteiger partial charge in [0.1, 0.15) is 5.82 Å². The van der Waals surface area contributed by atoms with Crippen molar-refractivity contribution in [1.29, 1.82) is 0 Å². The van der Waals surface area contributed by atoms with Crippen LogP contribution in [0.3, 0.4) is 0 Å². The van der Waals surface area contributed by atoms with E-state index in [-0.39, 0.29) is 0 Å². The normalized spacial score (nSPS) is 15.2. The summed E-state index contributed by atoms with van der Waals surface area (Å²) >= 11 is 0. The van der Waals surface area contributed by atoms with Crippen LogP contribution in [0.15, 0.2) is 6.07 Å². The van der Waals surface area contributed by atoms with Gasteiger partial charge in [-0.2, -0.15) is 0 Å². The molecule has 18 heavy (non-hydrogen) atoms. The van der Waals surface area contributed by atoms with E-state index in [1.165, 1.54) is 24.0 Å². The van der Waals surface area contributed by atoms with Gasteiger partial charge in [0.05, 0.1) is 0 Å². The predicted octanol–water partition coefficient (Wildman–Crippen LogP) is 2.80. The minimum atomic E-state index is 0.471. The molecule has 0 spiro atoms. The summed E-state index contributed by atoms with van der Waals surface area (Å²) in [6.45, 7) is 9.62. The SMILES string of the molecule is Cc1cc(C)c(CNC2CC2)c(N(C)C(C)C)n1. The van der Waals surface area contributed by atoms with Gasteiger partial charge in [0.2, 0.25) is 0 Å². The standard InChI is InChI=1S/C15H25N3/c1-10(2)18(5)15-14(9-16-13-6-7-13)11(3)8-12(4)17-15/h8,10,13,16H,6-7,9H2,1-5H3. The van der Waals surface area contributed by atoms with E-state index in [0.29, 0.717) is 6.04 Å². The van der Waals surface area contributed by atoms with Gasteiger partial charge >= 0.3 is 0 Å². The molecule has 2 rings (SSSR count). The molecule has 0 aliphatic heterocycles. The van der Waals surface area contributed by atoms with Crippen molar-refractivity contribution in [3.8, 4) is 0 Å². The topological polar surface area (TPSA) is 28.2 Å². The number of aromatic nitrogens is 1. The predicted molar refractivity (Wildman–Crippen MR) is 77.1 cm³/mol. The Balaban J connectivity index is 2.27. The molecule has 0 saturated heterocycles. The van der Waals surface area contributed by atoms with E-state index in [1.54, 1.807) is 0 Å². The summed E-state index contributed by atoms with van der Waals surface area (Å²) in [6.07, 6.45) is 2.65. The number of nitrogens with zero attached hydrogens (tertiary/aromatic N) is 2. The molecule has 1 saturated carbocycles. The second-order valence-corrected chi connectivity index (χ2v) is 5.74. The second-order valence-electron chi connectivity index (χ2n) is 5.74.